The lowest BCUT2D eigenvalue weighted by Crippen LogP contribution is -2.16. The normalized spacial score (nSPS) is 10.6. The summed E-state index contributed by atoms with van der Waals surface area (Å²) < 4.78 is 13.7. The monoisotopic (exact) mass is 412 g/mol. The van der Waals surface area contributed by atoms with Crippen LogP contribution in [0.25, 0.3) is 0 Å². The van der Waals surface area contributed by atoms with E-state index in [1.807, 2.05) is 0 Å². The summed E-state index contributed by atoms with van der Waals surface area (Å²) in [6.45, 7) is 0. The summed E-state index contributed by atoms with van der Waals surface area (Å²) in [5.74, 6) is -2.32. The molecule has 9 heteroatoms. The Kier molecular flexibility index (Phi) is 7.69. The van der Waals surface area contributed by atoms with Crippen LogP contribution in [0.5, 0.6) is 0 Å². The molecule has 0 aliphatic carbocycles. The fraction of sp³-hybridized carbons (Fsp3) is 0.143. The van der Waals surface area contributed by atoms with Crippen LogP contribution in [-0.2, 0) is 23.8 Å². The van der Waals surface area contributed by atoms with Gasteiger partial charge in [0.15, 0.2) is 0 Å². The molecule has 0 bridgehead atoms. The fourth-order valence-electron chi connectivity index (χ4n) is 2.30. The Morgan fingerprint density at radius 3 is 1.73 bits per heavy atom. The van der Waals surface area contributed by atoms with Crippen LogP contribution in [0.15, 0.2) is 60.3 Å². The first kappa shape index (κ1) is 22.2. The average molecular weight is 412 g/mol. The number of rotatable bonds is 7. The Hall–Kier alpha value is -4.14. The highest BCUT2D eigenvalue weighted by atomic mass is 16.5. The first-order valence-electron chi connectivity index (χ1n) is 8.62. The number of carbonyl (C=O) groups is 4. The highest BCUT2D eigenvalue weighted by molar-refractivity contribution is 6.05. The maximum atomic E-state index is 12.4. The Labute approximate surface area is 172 Å². The van der Waals surface area contributed by atoms with Gasteiger partial charge in [-0.05, 0) is 48.5 Å². The Morgan fingerprint density at radius 2 is 1.23 bits per heavy atom. The second-order valence-electron chi connectivity index (χ2n) is 5.80. The van der Waals surface area contributed by atoms with Crippen molar-refractivity contribution in [3.8, 4) is 0 Å². The number of esters is 3. The first-order valence-corrected chi connectivity index (χ1v) is 8.62. The van der Waals surface area contributed by atoms with Crippen molar-refractivity contribution in [3.05, 3.63) is 71.4 Å². The molecule has 0 heterocycles. The highest BCUT2D eigenvalue weighted by Gasteiger charge is 2.13. The van der Waals surface area contributed by atoms with E-state index >= 15 is 0 Å². The quantitative estimate of drug-likeness (QED) is 0.404. The largest absolute Gasteiger partial charge is 0.466 e. The summed E-state index contributed by atoms with van der Waals surface area (Å²) in [6.07, 6.45) is 0.963. The Bertz CT molecular complexity index is 964. The SMILES string of the molecule is COC(=O)/C=C(\Nc1ccc(C(=O)Nc2ccc(C(=O)OC)cc2)cc1)C(=O)OC. The number of hydrogen-bond donors (Lipinski definition) is 2. The summed E-state index contributed by atoms with van der Waals surface area (Å²) in [5, 5.41) is 5.45. The number of methoxy groups -OCH3 is 3. The highest BCUT2D eigenvalue weighted by Crippen LogP contribution is 2.16. The molecule has 0 aliphatic rings. The van der Waals surface area contributed by atoms with E-state index < -0.39 is 17.9 Å². The first-order chi connectivity index (χ1) is 14.4. The molecular weight excluding hydrogens is 392 g/mol. The van der Waals surface area contributed by atoms with Gasteiger partial charge in [-0.25, -0.2) is 14.4 Å². The van der Waals surface area contributed by atoms with E-state index in [2.05, 4.69) is 24.8 Å². The minimum Gasteiger partial charge on any atom is -0.466 e. The predicted octanol–water partition coefficient (Wildman–Crippen LogP) is 2.37. The van der Waals surface area contributed by atoms with Gasteiger partial charge in [-0.15, -0.1) is 0 Å². The van der Waals surface area contributed by atoms with Gasteiger partial charge in [0.2, 0.25) is 0 Å². The molecule has 0 atom stereocenters. The molecule has 2 rings (SSSR count). The lowest BCUT2D eigenvalue weighted by molar-refractivity contribution is -0.138. The molecule has 0 aliphatic heterocycles. The summed E-state index contributed by atoms with van der Waals surface area (Å²) in [5.41, 5.74) is 1.56. The molecule has 0 radical (unpaired) electrons. The van der Waals surface area contributed by atoms with Crippen molar-refractivity contribution < 1.29 is 33.4 Å². The second kappa shape index (κ2) is 10.4. The van der Waals surface area contributed by atoms with E-state index in [1.54, 1.807) is 24.3 Å². The number of anilines is 2. The number of carbonyl (C=O) groups excluding carboxylic acids is 4. The predicted molar refractivity (Wildman–Crippen MR) is 108 cm³/mol. The molecule has 2 aromatic carbocycles. The van der Waals surface area contributed by atoms with Gasteiger partial charge in [0.1, 0.15) is 5.70 Å². The summed E-state index contributed by atoms with van der Waals surface area (Å²) in [7, 11) is 3.65. The molecule has 2 N–H and O–H groups in total. The van der Waals surface area contributed by atoms with Gasteiger partial charge in [0.05, 0.1) is 33.0 Å². The van der Waals surface area contributed by atoms with Crippen molar-refractivity contribution in [1.82, 2.24) is 0 Å². The number of ether oxygens (including phenoxy) is 3. The molecule has 30 heavy (non-hydrogen) atoms. The zero-order valence-electron chi connectivity index (χ0n) is 16.6. The third kappa shape index (κ3) is 5.93. The lowest BCUT2D eigenvalue weighted by Gasteiger charge is -2.10. The van der Waals surface area contributed by atoms with E-state index in [1.165, 1.54) is 45.6 Å². The number of amides is 1. The zero-order valence-corrected chi connectivity index (χ0v) is 16.6. The van der Waals surface area contributed by atoms with Gasteiger partial charge in [-0.3, -0.25) is 4.79 Å². The van der Waals surface area contributed by atoms with Crippen molar-refractivity contribution in [2.24, 2.45) is 0 Å². The van der Waals surface area contributed by atoms with Crippen LogP contribution < -0.4 is 10.6 Å². The molecule has 2 aromatic rings. The van der Waals surface area contributed by atoms with Gasteiger partial charge in [0, 0.05) is 16.9 Å². The van der Waals surface area contributed by atoms with Gasteiger partial charge in [-0.2, -0.15) is 0 Å². The second-order valence-corrected chi connectivity index (χ2v) is 5.80. The van der Waals surface area contributed by atoms with E-state index in [-0.39, 0.29) is 11.6 Å². The fourth-order valence-corrected chi connectivity index (χ4v) is 2.30. The van der Waals surface area contributed by atoms with E-state index in [0.717, 1.165) is 6.08 Å². The van der Waals surface area contributed by atoms with Crippen molar-refractivity contribution in [2.45, 2.75) is 0 Å². The zero-order chi connectivity index (χ0) is 22.1. The molecule has 0 unspecified atom stereocenters. The van der Waals surface area contributed by atoms with Gasteiger partial charge >= 0.3 is 17.9 Å². The van der Waals surface area contributed by atoms with Crippen LogP contribution in [0, 0.1) is 0 Å². The maximum absolute atomic E-state index is 12.4. The maximum Gasteiger partial charge on any atom is 0.354 e. The average Bonchev–Trinajstić information content (AvgIpc) is 2.78. The summed E-state index contributed by atoms with van der Waals surface area (Å²) >= 11 is 0. The summed E-state index contributed by atoms with van der Waals surface area (Å²) in [4.78, 5) is 47.0. The van der Waals surface area contributed by atoms with Crippen LogP contribution in [0.3, 0.4) is 0 Å². The minimum absolute atomic E-state index is 0.118. The van der Waals surface area contributed by atoms with Crippen LogP contribution in [0.1, 0.15) is 20.7 Å². The van der Waals surface area contributed by atoms with Gasteiger partial charge in [-0.1, -0.05) is 0 Å². The van der Waals surface area contributed by atoms with E-state index in [9.17, 15) is 19.2 Å². The molecule has 156 valence electrons. The molecule has 9 nitrogen and oxygen atoms in total. The number of nitrogens with one attached hydrogen (secondary N) is 2. The molecule has 1 amide bonds. The molecule has 0 fully saturated rings. The van der Waals surface area contributed by atoms with Crippen LogP contribution >= 0.6 is 0 Å². The molecular formula is C21H20N2O7. The minimum atomic E-state index is -0.752. The third-order valence-electron chi connectivity index (χ3n) is 3.86. The number of benzene rings is 2. The smallest absolute Gasteiger partial charge is 0.354 e. The van der Waals surface area contributed by atoms with Gasteiger partial charge in [0.25, 0.3) is 5.91 Å². The van der Waals surface area contributed by atoms with Crippen LogP contribution in [0.2, 0.25) is 0 Å². The molecule has 0 spiro atoms. The van der Waals surface area contributed by atoms with E-state index in [0.29, 0.717) is 22.5 Å². The molecule has 0 saturated carbocycles. The van der Waals surface area contributed by atoms with Crippen LogP contribution in [0.4, 0.5) is 11.4 Å². The Balaban J connectivity index is 2.08. The van der Waals surface area contributed by atoms with Crippen LogP contribution in [-0.4, -0.2) is 45.1 Å². The molecule has 0 aromatic heterocycles. The number of hydrogen-bond acceptors (Lipinski definition) is 8. The van der Waals surface area contributed by atoms with Gasteiger partial charge < -0.3 is 24.8 Å². The standard InChI is InChI=1S/C21H20N2O7/c1-28-18(24)12-17(21(27)30-3)22-15-8-4-13(5-9-15)19(25)23-16-10-6-14(7-11-16)20(26)29-2/h4-12,22H,1-3H3,(H,23,25)/b17-12-. The van der Waals surface area contributed by atoms with Crippen molar-refractivity contribution in [3.63, 3.8) is 0 Å². The van der Waals surface area contributed by atoms with Crippen molar-refractivity contribution >= 4 is 35.2 Å². The Morgan fingerprint density at radius 1 is 0.700 bits per heavy atom. The topological polar surface area (TPSA) is 120 Å². The van der Waals surface area contributed by atoms with Crippen molar-refractivity contribution in [2.75, 3.05) is 32.0 Å². The third-order valence-corrected chi connectivity index (χ3v) is 3.86. The summed E-state index contributed by atoms with van der Waals surface area (Å²) in [6, 6.07) is 12.4. The van der Waals surface area contributed by atoms with Crippen molar-refractivity contribution in [1.29, 1.82) is 0 Å². The van der Waals surface area contributed by atoms with E-state index in [4.69, 9.17) is 0 Å². The lowest BCUT2D eigenvalue weighted by atomic mass is 10.1. The molecule has 0 saturated heterocycles.